The molecule has 6 rings (SSSR count). The largest absolute Gasteiger partial charge is 0.482 e. The van der Waals surface area contributed by atoms with Crippen LogP contribution in [0.3, 0.4) is 0 Å². The lowest BCUT2D eigenvalue weighted by molar-refractivity contribution is -0.118. The van der Waals surface area contributed by atoms with Crippen molar-refractivity contribution in [3.63, 3.8) is 0 Å². The first-order valence-corrected chi connectivity index (χ1v) is 11.9. The molecule has 36 heavy (non-hydrogen) atoms. The molecule has 3 aliphatic rings. The molecule has 11 heteroatoms. The number of rotatable bonds is 6. The molecule has 186 valence electrons. The van der Waals surface area contributed by atoms with Crippen LogP contribution in [0.1, 0.15) is 6.42 Å². The second-order valence-corrected chi connectivity index (χ2v) is 9.02. The first-order valence-electron chi connectivity index (χ1n) is 11.9. The highest BCUT2D eigenvalue weighted by atomic mass is 16.6. The molecule has 0 bridgehead atoms. The van der Waals surface area contributed by atoms with Gasteiger partial charge in [-0.2, -0.15) is 0 Å². The maximum absolute atomic E-state index is 12.6. The Balaban J connectivity index is 1.07. The number of carbonyl (C=O) groups excluding carboxylic acids is 2. The molecule has 2 N–H and O–H groups in total. The molecule has 0 spiro atoms. The van der Waals surface area contributed by atoms with Gasteiger partial charge in [0.15, 0.2) is 6.61 Å². The van der Waals surface area contributed by atoms with Gasteiger partial charge in [0.2, 0.25) is 5.88 Å². The fourth-order valence-electron chi connectivity index (χ4n) is 4.88. The summed E-state index contributed by atoms with van der Waals surface area (Å²) >= 11 is 0. The molecule has 2 aromatic heterocycles. The number of benzene rings is 1. The molecule has 0 unspecified atom stereocenters. The third-order valence-corrected chi connectivity index (χ3v) is 6.69. The molecule has 0 aliphatic carbocycles. The summed E-state index contributed by atoms with van der Waals surface area (Å²) in [7, 11) is 1.61. The molecular weight excluding hydrogens is 464 g/mol. The molecule has 0 radical (unpaired) electrons. The van der Waals surface area contributed by atoms with Gasteiger partial charge in [-0.3, -0.25) is 14.7 Å². The van der Waals surface area contributed by atoms with Crippen molar-refractivity contribution in [1.29, 1.82) is 0 Å². The van der Waals surface area contributed by atoms with E-state index in [1.165, 1.54) is 0 Å². The van der Waals surface area contributed by atoms with E-state index in [0.717, 1.165) is 36.2 Å². The van der Waals surface area contributed by atoms with Crippen molar-refractivity contribution < 1.29 is 23.8 Å². The lowest BCUT2D eigenvalue weighted by Gasteiger charge is -2.21. The van der Waals surface area contributed by atoms with Crippen molar-refractivity contribution in [3.05, 3.63) is 42.6 Å². The maximum atomic E-state index is 12.6. The third kappa shape index (κ3) is 4.22. The highest BCUT2D eigenvalue weighted by Gasteiger charge is 2.34. The van der Waals surface area contributed by atoms with Gasteiger partial charge >= 0.3 is 6.09 Å². The zero-order chi connectivity index (χ0) is 24.6. The highest BCUT2D eigenvalue weighted by Crippen LogP contribution is 2.33. The Morgan fingerprint density at radius 1 is 1.19 bits per heavy atom. The lowest BCUT2D eigenvalue weighted by atomic mass is 10.2. The minimum absolute atomic E-state index is 0.00741. The number of anilines is 3. The predicted molar refractivity (Wildman–Crippen MR) is 133 cm³/mol. The van der Waals surface area contributed by atoms with Gasteiger partial charge in [-0.25, -0.2) is 9.78 Å². The van der Waals surface area contributed by atoms with Crippen molar-refractivity contribution in [2.75, 3.05) is 55.0 Å². The number of hydrogen-bond donors (Lipinski definition) is 2. The number of hydrogen-bond acceptors (Lipinski definition) is 9. The summed E-state index contributed by atoms with van der Waals surface area (Å²) in [5.41, 5.74) is 3.90. The number of fused-ring (bicyclic) bond motifs is 2. The first-order chi connectivity index (χ1) is 17.6. The van der Waals surface area contributed by atoms with E-state index in [2.05, 4.69) is 25.5 Å². The van der Waals surface area contributed by atoms with Gasteiger partial charge in [0.05, 0.1) is 30.5 Å². The van der Waals surface area contributed by atoms with Gasteiger partial charge < -0.3 is 29.7 Å². The van der Waals surface area contributed by atoms with E-state index >= 15 is 0 Å². The molecule has 0 saturated carbocycles. The molecular formula is C25H26N6O5. The summed E-state index contributed by atoms with van der Waals surface area (Å²) in [6.07, 6.45) is 2.09. The van der Waals surface area contributed by atoms with Crippen LogP contribution < -0.4 is 29.9 Å². The minimum atomic E-state index is -0.402. The van der Waals surface area contributed by atoms with E-state index in [9.17, 15) is 9.59 Å². The van der Waals surface area contributed by atoms with E-state index in [0.29, 0.717) is 36.1 Å². The molecule has 1 aromatic carbocycles. The molecule has 2 atom stereocenters. The van der Waals surface area contributed by atoms with Crippen LogP contribution >= 0.6 is 0 Å². The monoisotopic (exact) mass is 490 g/mol. The van der Waals surface area contributed by atoms with Gasteiger partial charge in [-0.15, -0.1) is 0 Å². The van der Waals surface area contributed by atoms with Crippen molar-refractivity contribution in [3.8, 4) is 11.6 Å². The van der Waals surface area contributed by atoms with Crippen LogP contribution in [0.15, 0.2) is 42.6 Å². The number of cyclic esters (lactones) is 1. The van der Waals surface area contributed by atoms with Gasteiger partial charge in [-0.1, -0.05) is 0 Å². The van der Waals surface area contributed by atoms with Crippen molar-refractivity contribution in [2.24, 2.45) is 0 Å². The second kappa shape index (κ2) is 9.15. The highest BCUT2D eigenvalue weighted by molar-refractivity contribution is 5.97. The molecule has 3 aliphatic heterocycles. The summed E-state index contributed by atoms with van der Waals surface area (Å²) in [6, 6.07) is 11.3. The van der Waals surface area contributed by atoms with E-state index in [4.69, 9.17) is 14.2 Å². The summed E-state index contributed by atoms with van der Waals surface area (Å²) in [5, 5.41) is 6.33. The standard InChI is InChI=1S/C25H26N6O5/c1-34-23-5-3-18-24(29-23)20(6-8-26-18)30-9-7-15(12-30)27-11-17-13-31(25(33)36-17)16-2-4-21-19(10-16)28-22(32)14-35-21/h2-6,8,10,15,17,27H,7,9,11-14H2,1H3,(H,28,32)/t15-,17+/m0/s1. The van der Waals surface area contributed by atoms with Crippen molar-refractivity contribution >= 4 is 40.1 Å². The first kappa shape index (κ1) is 22.4. The molecule has 3 aromatic rings. The molecule has 2 fully saturated rings. The van der Waals surface area contributed by atoms with Crippen LogP contribution in [-0.4, -0.2) is 74.0 Å². The smallest absolute Gasteiger partial charge is 0.414 e. The Morgan fingerprint density at radius 2 is 2.11 bits per heavy atom. The number of carbonyl (C=O) groups is 2. The average molecular weight is 491 g/mol. The number of ether oxygens (including phenoxy) is 3. The predicted octanol–water partition coefficient (Wildman–Crippen LogP) is 2.16. The Bertz CT molecular complexity index is 1330. The summed E-state index contributed by atoms with van der Waals surface area (Å²) in [5.74, 6) is 0.934. The SMILES string of the molecule is COc1ccc2nccc(N3CC[C@H](NC[C@@H]4CN(c5ccc6c(c5)NC(=O)CO6)C(=O)O4)C3)c2n1. The number of pyridine rings is 2. The van der Waals surface area contributed by atoms with Crippen LogP contribution in [-0.2, 0) is 9.53 Å². The Morgan fingerprint density at radius 3 is 3.00 bits per heavy atom. The van der Waals surface area contributed by atoms with Crippen molar-refractivity contribution in [2.45, 2.75) is 18.6 Å². The van der Waals surface area contributed by atoms with E-state index in [1.54, 1.807) is 36.4 Å². The van der Waals surface area contributed by atoms with Gasteiger partial charge in [0.25, 0.3) is 5.91 Å². The van der Waals surface area contributed by atoms with Crippen LogP contribution in [0.4, 0.5) is 21.9 Å². The average Bonchev–Trinajstić information content (AvgIpc) is 3.52. The number of nitrogens with zero attached hydrogens (tertiary/aromatic N) is 4. The molecule has 2 saturated heterocycles. The Kier molecular flexibility index (Phi) is 5.68. The fourth-order valence-corrected chi connectivity index (χ4v) is 4.88. The van der Waals surface area contributed by atoms with E-state index in [-0.39, 0.29) is 24.7 Å². The molecule has 2 amide bonds. The topological polar surface area (TPSA) is 118 Å². The summed E-state index contributed by atoms with van der Waals surface area (Å²) < 4.78 is 16.3. The van der Waals surface area contributed by atoms with Crippen LogP contribution in [0.25, 0.3) is 11.0 Å². The quantitative estimate of drug-likeness (QED) is 0.536. The Hall–Kier alpha value is -4.12. The number of methoxy groups -OCH3 is 1. The zero-order valence-corrected chi connectivity index (χ0v) is 19.8. The normalized spacial score (nSPS) is 21.2. The van der Waals surface area contributed by atoms with E-state index in [1.807, 2.05) is 18.2 Å². The van der Waals surface area contributed by atoms with Gasteiger partial charge in [0.1, 0.15) is 17.4 Å². The lowest BCUT2D eigenvalue weighted by Crippen LogP contribution is -2.39. The van der Waals surface area contributed by atoms with Crippen molar-refractivity contribution in [1.82, 2.24) is 15.3 Å². The Labute approximate surface area is 207 Å². The van der Waals surface area contributed by atoms with Crippen LogP contribution in [0.2, 0.25) is 0 Å². The number of aromatic nitrogens is 2. The van der Waals surface area contributed by atoms with Gasteiger partial charge in [0, 0.05) is 43.6 Å². The van der Waals surface area contributed by atoms with Crippen LogP contribution in [0.5, 0.6) is 11.6 Å². The second-order valence-electron chi connectivity index (χ2n) is 9.02. The number of amides is 2. The van der Waals surface area contributed by atoms with Crippen LogP contribution in [0, 0.1) is 0 Å². The molecule has 11 nitrogen and oxygen atoms in total. The third-order valence-electron chi connectivity index (χ3n) is 6.69. The number of nitrogens with one attached hydrogen (secondary N) is 2. The maximum Gasteiger partial charge on any atom is 0.414 e. The summed E-state index contributed by atoms with van der Waals surface area (Å²) in [4.78, 5) is 37.1. The summed E-state index contributed by atoms with van der Waals surface area (Å²) in [6.45, 7) is 2.66. The minimum Gasteiger partial charge on any atom is -0.482 e. The fraction of sp³-hybridized carbons (Fsp3) is 0.360. The zero-order valence-electron chi connectivity index (χ0n) is 19.8. The van der Waals surface area contributed by atoms with Gasteiger partial charge in [-0.05, 0) is 36.8 Å². The molecule has 5 heterocycles. The van der Waals surface area contributed by atoms with E-state index < -0.39 is 6.09 Å².